The zero-order chi connectivity index (χ0) is 12.1. The zero-order valence-corrected chi connectivity index (χ0v) is 10.4. The summed E-state index contributed by atoms with van der Waals surface area (Å²) in [6, 6.07) is 19.2. The van der Waals surface area contributed by atoms with Crippen LogP contribution in [0.1, 0.15) is 29.5 Å². The van der Waals surface area contributed by atoms with Crippen molar-refractivity contribution >= 4 is 6.08 Å². The molecule has 2 aromatic rings. The molecule has 0 aliphatic rings. The summed E-state index contributed by atoms with van der Waals surface area (Å²) in [6.45, 7) is 4.33. The maximum Gasteiger partial charge on any atom is -0.000711 e. The molecule has 0 radical (unpaired) electrons. The summed E-state index contributed by atoms with van der Waals surface area (Å²) in [5.74, 6) is 0.456. The second kappa shape index (κ2) is 5.49. The highest BCUT2D eigenvalue weighted by Crippen LogP contribution is 2.17. The maximum atomic E-state index is 2.25. The fourth-order valence-electron chi connectivity index (χ4n) is 1.80. The van der Waals surface area contributed by atoms with Crippen molar-refractivity contribution in [3.63, 3.8) is 0 Å². The van der Waals surface area contributed by atoms with Crippen LogP contribution in [0.4, 0.5) is 0 Å². The number of benzene rings is 2. The van der Waals surface area contributed by atoms with Crippen LogP contribution in [0.5, 0.6) is 0 Å². The summed E-state index contributed by atoms with van der Waals surface area (Å²) in [7, 11) is 0. The molecule has 0 N–H and O–H groups in total. The van der Waals surface area contributed by atoms with E-state index in [4.69, 9.17) is 0 Å². The number of hydrogen-bond donors (Lipinski definition) is 0. The Labute approximate surface area is 104 Å². The molecule has 1 atom stereocenters. The quantitative estimate of drug-likeness (QED) is 0.699. The minimum atomic E-state index is 0.456. The molecule has 0 spiro atoms. The molecule has 0 amide bonds. The average molecular weight is 222 g/mol. The summed E-state index contributed by atoms with van der Waals surface area (Å²) < 4.78 is 0. The molecular formula is C17H18. The lowest BCUT2D eigenvalue weighted by molar-refractivity contribution is 0.973. The van der Waals surface area contributed by atoms with E-state index in [-0.39, 0.29) is 0 Å². The van der Waals surface area contributed by atoms with Crippen molar-refractivity contribution in [1.29, 1.82) is 0 Å². The Balaban J connectivity index is 2.08. The van der Waals surface area contributed by atoms with Gasteiger partial charge in [-0.3, -0.25) is 0 Å². The van der Waals surface area contributed by atoms with E-state index < -0.39 is 0 Å². The van der Waals surface area contributed by atoms with Crippen molar-refractivity contribution in [2.24, 2.45) is 0 Å². The lowest BCUT2D eigenvalue weighted by Crippen LogP contribution is -1.87. The fourth-order valence-corrected chi connectivity index (χ4v) is 1.80. The Morgan fingerprint density at radius 3 is 2.18 bits per heavy atom. The second-order valence-corrected chi connectivity index (χ2v) is 4.47. The lowest BCUT2D eigenvalue weighted by Gasteiger charge is -2.05. The van der Waals surface area contributed by atoms with Gasteiger partial charge in [0.15, 0.2) is 0 Å². The van der Waals surface area contributed by atoms with Crippen LogP contribution in [0.3, 0.4) is 0 Å². The average Bonchev–Trinajstić information content (AvgIpc) is 2.39. The van der Waals surface area contributed by atoms with E-state index in [9.17, 15) is 0 Å². The van der Waals surface area contributed by atoms with Gasteiger partial charge in [0.05, 0.1) is 0 Å². The van der Waals surface area contributed by atoms with Crippen LogP contribution >= 0.6 is 0 Å². The predicted molar refractivity (Wildman–Crippen MR) is 75.1 cm³/mol. The number of hydrogen-bond acceptors (Lipinski definition) is 0. The van der Waals surface area contributed by atoms with Crippen LogP contribution in [-0.4, -0.2) is 0 Å². The maximum absolute atomic E-state index is 2.25. The SMILES string of the molecule is Cc1ccc(/C=C/[C@H](C)c2ccccc2)cc1. The Bertz CT molecular complexity index is 477. The van der Waals surface area contributed by atoms with E-state index >= 15 is 0 Å². The van der Waals surface area contributed by atoms with Crippen LogP contribution in [0, 0.1) is 6.92 Å². The molecule has 0 saturated heterocycles. The first-order valence-corrected chi connectivity index (χ1v) is 6.05. The first-order valence-electron chi connectivity index (χ1n) is 6.05. The standard InChI is InChI=1S/C17H18/c1-14-8-11-16(12-9-14)13-10-15(2)17-6-4-3-5-7-17/h3-13,15H,1-2H3/b13-10+/t15-/m0/s1. The molecule has 0 unspecified atom stereocenters. The monoisotopic (exact) mass is 222 g/mol. The molecule has 0 heterocycles. The van der Waals surface area contributed by atoms with Gasteiger partial charge in [-0.25, -0.2) is 0 Å². The van der Waals surface area contributed by atoms with Gasteiger partial charge in [-0.1, -0.05) is 79.2 Å². The third kappa shape index (κ3) is 3.32. The highest BCUT2D eigenvalue weighted by atomic mass is 14.0. The molecular weight excluding hydrogens is 204 g/mol. The molecule has 0 nitrogen and oxygen atoms in total. The molecule has 0 bridgehead atoms. The van der Waals surface area contributed by atoms with Gasteiger partial charge >= 0.3 is 0 Å². The van der Waals surface area contributed by atoms with Gasteiger partial charge < -0.3 is 0 Å². The van der Waals surface area contributed by atoms with Crippen LogP contribution in [0.25, 0.3) is 6.08 Å². The van der Waals surface area contributed by atoms with E-state index in [0.717, 1.165) is 0 Å². The van der Waals surface area contributed by atoms with Gasteiger partial charge in [-0.15, -0.1) is 0 Å². The van der Waals surface area contributed by atoms with E-state index in [0.29, 0.717) is 5.92 Å². The van der Waals surface area contributed by atoms with Gasteiger partial charge in [0.25, 0.3) is 0 Å². The lowest BCUT2D eigenvalue weighted by atomic mass is 10.00. The van der Waals surface area contributed by atoms with E-state index in [2.05, 4.69) is 80.6 Å². The number of rotatable bonds is 3. The van der Waals surface area contributed by atoms with Crippen molar-refractivity contribution in [3.05, 3.63) is 77.4 Å². The number of allylic oxidation sites excluding steroid dienone is 1. The second-order valence-electron chi connectivity index (χ2n) is 4.47. The highest BCUT2D eigenvalue weighted by Gasteiger charge is 1.99. The molecule has 17 heavy (non-hydrogen) atoms. The van der Waals surface area contributed by atoms with Crippen LogP contribution in [0.15, 0.2) is 60.7 Å². The van der Waals surface area contributed by atoms with Gasteiger partial charge in [-0.05, 0) is 24.0 Å². The van der Waals surface area contributed by atoms with E-state index in [1.54, 1.807) is 0 Å². The van der Waals surface area contributed by atoms with Crippen molar-refractivity contribution in [2.45, 2.75) is 19.8 Å². The summed E-state index contributed by atoms with van der Waals surface area (Å²) in [4.78, 5) is 0. The third-order valence-corrected chi connectivity index (χ3v) is 2.98. The molecule has 0 aromatic heterocycles. The molecule has 2 rings (SSSR count). The predicted octanol–water partition coefficient (Wildman–Crippen LogP) is 4.81. The van der Waals surface area contributed by atoms with Crippen LogP contribution < -0.4 is 0 Å². The van der Waals surface area contributed by atoms with Crippen molar-refractivity contribution in [1.82, 2.24) is 0 Å². The third-order valence-electron chi connectivity index (χ3n) is 2.98. The van der Waals surface area contributed by atoms with Gasteiger partial charge in [0.2, 0.25) is 0 Å². The summed E-state index contributed by atoms with van der Waals surface area (Å²) >= 11 is 0. The zero-order valence-electron chi connectivity index (χ0n) is 10.4. The van der Waals surface area contributed by atoms with Gasteiger partial charge in [0.1, 0.15) is 0 Å². The first-order chi connectivity index (χ1) is 8.25. The summed E-state index contributed by atoms with van der Waals surface area (Å²) in [5, 5.41) is 0. The minimum Gasteiger partial charge on any atom is -0.0767 e. The first kappa shape index (κ1) is 11.7. The van der Waals surface area contributed by atoms with Crippen LogP contribution in [0.2, 0.25) is 0 Å². The Kier molecular flexibility index (Phi) is 3.77. The van der Waals surface area contributed by atoms with Crippen molar-refractivity contribution < 1.29 is 0 Å². The normalized spacial score (nSPS) is 12.8. The highest BCUT2D eigenvalue weighted by molar-refractivity contribution is 5.51. The minimum absolute atomic E-state index is 0.456. The molecule has 0 saturated carbocycles. The Hall–Kier alpha value is -1.82. The Morgan fingerprint density at radius 1 is 0.882 bits per heavy atom. The van der Waals surface area contributed by atoms with Crippen LogP contribution in [-0.2, 0) is 0 Å². The fraction of sp³-hybridized carbons (Fsp3) is 0.176. The number of aryl methyl sites for hydroxylation is 1. The smallest absolute Gasteiger partial charge is 0.000711 e. The molecule has 0 heteroatoms. The van der Waals surface area contributed by atoms with Gasteiger partial charge in [-0.2, -0.15) is 0 Å². The molecule has 86 valence electrons. The van der Waals surface area contributed by atoms with E-state index in [1.807, 2.05) is 0 Å². The van der Waals surface area contributed by atoms with Crippen molar-refractivity contribution in [2.75, 3.05) is 0 Å². The largest absolute Gasteiger partial charge is 0.0767 e. The van der Waals surface area contributed by atoms with Crippen molar-refractivity contribution in [3.8, 4) is 0 Å². The summed E-state index contributed by atoms with van der Waals surface area (Å²) in [5.41, 5.74) is 3.92. The van der Waals surface area contributed by atoms with E-state index in [1.165, 1.54) is 16.7 Å². The molecule has 0 aliphatic heterocycles. The molecule has 0 aliphatic carbocycles. The summed E-state index contributed by atoms with van der Waals surface area (Å²) in [6.07, 6.45) is 4.44. The topological polar surface area (TPSA) is 0 Å². The Morgan fingerprint density at radius 2 is 1.53 bits per heavy atom. The van der Waals surface area contributed by atoms with Gasteiger partial charge in [0, 0.05) is 0 Å². The molecule has 2 aromatic carbocycles. The molecule has 0 fully saturated rings.